The molecule has 3 aromatic carbocycles. The minimum atomic E-state index is -0.416. The SMILES string of the molecule is Cc1ccc([C@@H]2N3CCC[C@H]3[C@H](c3ccccc3)[C@]23CCC/C(=C\c2ccccc2)C3=O)cc1. The highest BCUT2D eigenvalue weighted by Crippen LogP contribution is 2.65. The summed E-state index contributed by atoms with van der Waals surface area (Å²) >= 11 is 0. The van der Waals surface area contributed by atoms with Crippen LogP contribution in [0.5, 0.6) is 0 Å². The van der Waals surface area contributed by atoms with Gasteiger partial charge in [0.2, 0.25) is 0 Å². The zero-order valence-electron chi connectivity index (χ0n) is 20.0. The fourth-order valence-corrected chi connectivity index (χ4v) is 7.26. The van der Waals surface area contributed by atoms with Gasteiger partial charge in [-0.15, -0.1) is 0 Å². The van der Waals surface area contributed by atoms with E-state index in [1.165, 1.54) is 29.5 Å². The van der Waals surface area contributed by atoms with Crippen LogP contribution in [0.1, 0.15) is 66.3 Å². The predicted molar refractivity (Wildman–Crippen MR) is 139 cm³/mol. The Labute approximate surface area is 203 Å². The molecule has 1 spiro atoms. The third kappa shape index (κ3) is 3.39. The number of nitrogens with zero attached hydrogens (tertiary/aromatic N) is 1. The Hall–Kier alpha value is -2.97. The number of ketones is 1. The number of carbonyl (C=O) groups is 1. The molecule has 1 saturated carbocycles. The average Bonchev–Trinajstić information content (AvgIpc) is 3.43. The number of allylic oxidation sites excluding steroid dienone is 1. The van der Waals surface area contributed by atoms with Crippen LogP contribution in [0.2, 0.25) is 0 Å². The summed E-state index contributed by atoms with van der Waals surface area (Å²) in [4.78, 5) is 17.4. The third-order valence-corrected chi connectivity index (χ3v) is 8.54. The molecule has 2 heterocycles. The van der Waals surface area contributed by atoms with E-state index < -0.39 is 5.41 Å². The van der Waals surface area contributed by atoms with Gasteiger partial charge in [-0.25, -0.2) is 0 Å². The van der Waals surface area contributed by atoms with Crippen LogP contribution in [0.25, 0.3) is 6.08 Å². The van der Waals surface area contributed by atoms with E-state index in [2.05, 4.69) is 96.8 Å². The zero-order valence-corrected chi connectivity index (χ0v) is 20.0. The van der Waals surface area contributed by atoms with Crippen molar-refractivity contribution in [2.45, 2.75) is 57.0 Å². The Morgan fingerprint density at radius 2 is 1.56 bits per heavy atom. The van der Waals surface area contributed by atoms with Crippen molar-refractivity contribution in [3.63, 3.8) is 0 Å². The van der Waals surface area contributed by atoms with Crippen LogP contribution in [-0.2, 0) is 4.79 Å². The predicted octanol–water partition coefficient (Wildman–Crippen LogP) is 7.12. The highest BCUT2D eigenvalue weighted by molar-refractivity contribution is 6.05. The van der Waals surface area contributed by atoms with Crippen LogP contribution in [-0.4, -0.2) is 23.3 Å². The van der Waals surface area contributed by atoms with E-state index >= 15 is 0 Å². The Bertz CT molecular complexity index is 1200. The molecule has 4 atom stereocenters. The quantitative estimate of drug-likeness (QED) is 0.398. The molecule has 2 aliphatic heterocycles. The van der Waals surface area contributed by atoms with Gasteiger partial charge in [0.25, 0.3) is 0 Å². The second kappa shape index (κ2) is 8.67. The molecule has 172 valence electrons. The standard InChI is InChI=1S/C32H33NO/c1-23-16-18-26(19-17-23)30-32(20-8-14-27(31(32)34)22-24-10-4-2-5-11-24)29(25-12-6-3-7-13-25)28-15-9-21-33(28)30/h2-7,10-13,16-19,22,28-30H,8-9,14-15,20-21H2,1H3/b27-22+/t28-,29-,30-,32+/m0/s1. The first-order valence-corrected chi connectivity index (χ1v) is 12.9. The van der Waals surface area contributed by atoms with Crippen LogP contribution < -0.4 is 0 Å². The van der Waals surface area contributed by atoms with E-state index in [4.69, 9.17) is 0 Å². The van der Waals surface area contributed by atoms with E-state index in [0.29, 0.717) is 11.8 Å². The van der Waals surface area contributed by atoms with Crippen molar-refractivity contribution in [3.8, 4) is 0 Å². The summed E-state index contributed by atoms with van der Waals surface area (Å²) in [6, 6.07) is 30.9. The molecule has 0 unspecified atom stereocenters. The lowest BCUT2D eigenvalue weighted by atomic mass is 9.57. The molecular formula is C32H33NO. The van der Waals surface area contributed by atoms with E-state index in [1.54, 1.807) is 0 Å². The molecule has 3 aromatic rings. The molecule has 0 bridgehead atoms. The molecule has 6 rings (SSSR count). The Morgan fingerprint density at radius 1 is 0.853 bits per heavy atom. The van der Waals surface area contributed by atoms with Gasteiger partial charge in [-0.1, -0.05) is 90.5 Å². The van der Waals surface area contributed by atoms with Crippen molar-refractivity contribution in [1.82, 2.24) is 4.90 Å². The molecule has 0 radical (unpaired) electrons. The fraction of sp³-hybridized carbons (Fsp3) is 0.344. The van der Waals surface area contributed by atoms with Crippen molar-refractivity contribution in [2.24, 2.45) is 5.41 Å². The smallest absolute Gasteiger partial charge is 0.167 e. The second-order valence-corrected chi connectivity index (χ2v) is 10.5. The molecule has 2 saturated heterocycles. The minimum absolute atomic E-state index is 0.137. The maximum absolute atomic E-state index is 14.7. The lowest BCUT2D eigenvalue weighted by Crippen LogP contribution is -2.44. The van der Waals surface area contributed by atoms with Crippen LogP contribution in [0.15, 0.2) is 90.5 Å². The van der Waals surface area contributed by atoms with Crippen LogP contribution in [0, 0.1) is 12.3 Å². The van der Waals surface area contributed by atoms with Crippen LogP contribution in [0.3, 0.4) is 0 Å². The molecule has 3 fully saturated rings. The van der Waals surface area contributed by atoms with Crippen LogP contribution >= 0.6 is 0 Å². The third-order valence-electron chi connectivity index (χ3n) is 8.54. The molecule has 0 aromatic heterocycles. The Morgan fingerprint density at radius 3 is 2.29 bits per heavy atom. The largest absolute Gasteiger partial charge is 0.294 e. The molecule has 1 aliphatic carbocycles. The van der Waals surface area contributed by atoms with Gasteiger partial charge in [0.1, 0.15) is 0 Å². The Kier molecular flexibility index (Phi) is 5.50. The van der Waals surface area contributed by atoms with Crippen molar-refractivity contribution in [1.29, 1.82) is 0 Å². The van der Waals surface area contributed by atoms with E-state index in [0.717, 1.165) is 36.9 Å². The second-order valence-electron chi connectivity index (χ2n) is 10.5. The summed E-state index contributed by atoms with van der Waals surface area (Å²) in [5, 5.41) is 0. The summed E-state index contributed by atoms with van der Waals surface area (Å²) in [6.07, 6.45) is 7.46. The first kappa shape index (κ1) is 21.6. The maximum atomic E-state index is 14.7. The summed E-state index contributed by atoms with van der Waals surface area (Å²) in [6.45, 7) is 3.23. The monoisotopic (exact) mass is 447 g/mol. The van der Waals surface area contributed by atoms with Gasteiger partial charge in [-0.05, 0) is 73.9 Å². The van der Waals surface area contributed by atoms with Gasteiger partial charge in [0.15, 0.2) is 5.78 Å². The molecule has 3 aliphatic rings. The number of aryl methyl sites for hydroxylation is 1. The van der Waals surface area contributed by atoms with Crippen LogP contribution in [0.4, 0.5) is 0 Å². The van der Waals surface area contributed by atoms with Crippen molar-refractivity contribution >= 4 is 11.9 Å². The average molecular weight is 448 g/mol. The summed E-state index contributed by atoms with van der Waals surface area (Å²) in [7, 11) is 0. The maximum Gasteiger partial charge on any atom is 0.167 e. The topological polar surface area (TPSA) is 20.3 Å². The fourth-order valence-electron chi connectivity index (χ4n) is 7.26. The number of hydrogen-bond acceptors (Lipinski definition) is 2. The number of Topliss-reactive ketones (excluding diaryl/α,β-unsaturated/α-hetero) is 1. The van der Waals surface area contributed by atoms with Crippen molar-refractivity contribution in [3.05, 3.63) is 113 Å². The Balaban J connectivity index is 1.54. The minimum Gasteiger partial charge on any atom is -0.294 e. The lowest BCUT2D eigenvalue weighted by molar-refractivity contribution is -0.129. The summed E-state index contributed by atoms with van der Waals surface area (Å²) in [5.74, 6) is 0.617. The highest BCUT2D eigenvalue weighted by Gasteiger charge is 2.64. The molecule has 2 nitrogen and oxygen atoms in total. The summed E-state index contributed by atoms with van der Waals surface area (Å²) in [5.41, 5.74) is 5.64. The number of carbonyl (C=O) groups excluding carboxylic acids is 1. The molecule has 2 heteroatoms. The normalized spacial score (nSPS) is 30.2. The van der Waals surface area contributed by atoms with E-state index in [9.17, 15) is 4.79 Å². The first-order valence-electron chi connectivity index (χ1n) is 12.9. The van der Waals surface area contributed by atoms with Gasteiger partial charge in [0, 0.05) is 18.0 Å². The highest BCUT2D eigenvalue weighted by atomic mass is 16.1. The van der Waals surface area contributed by atoms with Gasteiger partial charge < -0.3 is 0 Å². The van der Waals surface area contributed by atoms with Gasteiger partial charge >= 0.3 is 0 Å². The van der Waals surface area contributed by atoms with Gasteiger partial charge in [0.05, 0.1) is 5.41 Å². The lowest BCUT2D eigenvalue weighted by Gasteiger charge is -2.44. The van der Waals surface area contributed by atoms with E-state index in [1.807, 2.05) is 6.07 Å². The zero-order chi connectivity index (χ0) is 23.1. The van der Waals surface area contributed by atoms with Crippen molar-refractivity contribution in [2.75, 3.05) is 6.54 Å². The first-order chi connectivity index (χ1) is 16.7. The molecule has 34 heavy (non-hydrogen) atoms. The number of benzene rings is 3. The summed E-state index contributed by atoms with van der Waals surface area (Å²) < 4.78 is 0. The molecule has 0 amide bonds. The van der Waals surface area contributed by atoms with Gasteiger partial charge in [-0.3, -0.25) is 9.69 Å². The number of hydrogen-bond donors (Lipinski definition) is 0. The molecular weight excluding hydrogens is 414 g/mol. The number of rotatable bonds is 3. The van der Waals surface area contributed by atoms with Gasteiger partial charge in [-0.2, -0.15) is 0 Å². The van der Waals surface area contributed by atoms with Crippen molar-refractivity contribution < 1.29 is 4.79 Å². The van der Waals surface area contributed by atoms with E-state index in [-0.39, 0.29) is 12.0 Å². The molecule has 0 N–H and O–H groups in total. The number of fused-ring (bicyclic) bond motifs is 1.